The Morgan fingerprint density at radius 1 is 1.36 bits per heavy atom. The zero-order valence-electron chi connectivity index (χ0n) is 12.8. The van der Waals surface area contributed by atoms with Gasteiger partial charge in [-0.3, -0.25) is 4.90 Å². The minimum Gasteiger partial charge on any atom is -0.379 e. The van der Waals surface area contributed by atoms with Crippen LogP contribution in [0, 0.1) is 0 Å². The summed E-state index contributed by atoms with van der Waals surface area (Å²) in [6.07, 6.45) is -1.93. The lowest BCUT2D eigenvalue weighted by Gasteiger charge is -2.35. The minimum absolute atomic E-state index is 0.0794. The van der Waals surface area contributed by atoms with Crippen LogP contribution in [0.3, 0.4) is 0 Å². The van der Waals surface area contributed by atoms with E-state index in [1.165, 1.54) is 0 Å². The molecule has 128 valence electrons. The molecule has 0 aromatic rings. The smallest absolute Gasteiger partial charge is 0.379 e. The fourth-order valence-corrected chi connectivity index (χ4v) is 3.22. The van der Waals surface area contributed by atoms with E-state index in [1.54, 1.807) is 0 Å². The topological polar surface area (TPSA) is 55.8 Å². The summed E-state index contributed by atoms with van der Waals surface area (Å²) in [5, 5.41) is 12.3. The first kappa shape index (κ1) is 17.3. The van der Waals surface area contributed by atoms with Crippen LogP contribution in [-0.4, -0.2) is 71.5 Å². The number of halogens is 3. The van der Waals surface area contributed by atoms with Gasteiger partial charge in [0.25, 0.3) is 0 Å². The lowest BCUT2D eigenvalue weighted by molar-refractivity contribution is -0.253. The lowest BCUT2D eigenvalue weighted by atomic mass is 10.0. The van der Waals surface area contributed by atoms with Crippen LogP contribution in [0.1, 0.15) is 32.6 Å². The normalized spacial score (nSPS) is 30.6. The summed E-state index contributed by atoms with van der Waals surface area (Å²) in [7, 11) is 0. The van der Waals surface area contributed by atoms with Crippen LogP contribution in [0.5, 0.6) is 0 Å². The molecule has 2 rings (SSSR count). The van der Waals surface area contributed by atoms with Crippen molar-refractivity contribution in [2.75, 3.05) is 32.7 Å². The van der Waals surface area contributed by atoms with Gasteiger partial charge in [-0.25, -0.2) is 4.79 Å². The molecule has 2 aliphatic rings. The maximum absolute atomic E-state index is 12.7. The van der Waals surface area contributed by atoms with E-state index in [2.05, 4.69) is 17.1 Å². The van der Waals surface area contributed by atoms with Crippen LogP contribution < -0.4 is 5.32 Å². The van der Waals surface area contributed by atoms with Crippen molar-refractivity contribution < 1.29 is 23.1 Å². The molecule has 2 heterocycles. The molecule has 0 aliphatic carbocycles. The predicted molar refractivity (Wildman–Crippen MR) is 75.5 cm³/mol. The summed E-state index contributed by atoms with van der Waals surface area (Å²) in [4.78, 5) is 15.3. The second-order valence-corrected chi connectivity index (χ2v) is 6.17. The average Bonchev–Trinajstić information content (AvgIpc) is 2.88. The number of nitrogens with zero attached hydrogens (tertiary/aromatic N) is 2. The van der Waals surface area contributed by atoms with Crippen molar-refractivity contribution in [3.05, 3.63) is 0 Å². The Labute approximate surface area is 128 Å². The summed E-state index contributed by atoms with van der Waals surface area (Å²) in [6, 6.07) is -0.284. The maximum Gasteiger partial charge on any atom is 0.419 e. The number of carbonyl (C=O) groups is 1. The molecule has 2 aliphatic heterocycles. The van der Waals surface area contributed by atoms with E-state index in [0.717, 1.165) is 37.3 Å². The van der Waals surface area contributed by atoms with Gasteiger partial charge in [0.1, 0.15) is 0 Å². The van der Waals surface area contributed by atoms with Gasteiger partial charge in [0.2, 0.25) is 0 Å². The standard InChI is InChI=1S/C14H24F3N3O2/c1-2-19-7-4-3-5-11(19)9-18-12(21)20-8-6-13(22,10-20)14(15,16)17/h11,22H,2-10H2,1H3,(H,18,21)/t11-,13+/m1/s1. The summed E-state index contributed by atoms with van der Waals surface area (Å²) >= 11 is 0. The first-order chi connectivity index (χ1) is 10.3. The Hall–Kier alpha value is -1.02. The number of β-amino-alcohol motifs (C(OH)–C–C–N with tert-alkyl or cyclic N) is 1. The second kappa shape index (κ2) is 6.62. The molecule has 0 radical (unpaired) electrons. The third-order valence-corrected chi connectivity index (χ3v) is 4.71. The van der Waals surface area contributed by atoms with Gasteiger partial charge >= 0.3 is 12.2 Å². The summed E-state index contributed by atoms with van der Waals surface area (Å²) < 4.78 is 38.2. The number of aliphatic hydroxyl groups is 1. The van der Waals surface area contributed by atoms with E-state index in [1.807, 2.05) is 0 Å². The Balaban J connectivity index is 1.83. The summed E-state index contributed by atoms with van der Waals surface area (Å²) in [5.41, 5.74) is -2.77. The average molecular weight is 323 g/mol. The van der Waals surface area contributed by atoms with Crippen LogP contribution in [0.2, 0.25) is 0 Å². The molecule has 2 saturated heterocycles. The highest BCUT2D eigenvalue weighted by molar-refractivity contribution is 5.74. The third kappa shape index (κ3) is 3.65. The number of likely N-dealkylation sites (N-methyl/N-ethyl adjacent to an activating group) is 1. The molecule has 2 N–H and O–H groups in total. The van der Waals surface area contributed by atoms with Gasteiger partial charge in [-0.05, 0) is 25.9 Å². The molecular formula is C14H24F3N3O2. The van der Waals surface area contributed by atoms with Gasteiger partial charge in [-0.2, -0.15) is 13.2 Å². The molecule has 8 heteroatoms. The number of nitrogens with one attached hydrogen (secondary N) is 1. The molecule has 0 unspecified atom stereocenters. The molecular weight excluding hydrogens is 299 g/mol. The van der Waals surface area contributed by atoms with Crippen molar-refractivity contribution in [2.45, 2.75) is 50.4 Å². The molecule has 2 amide bonds. The number of hydrogen-bond donors (Lipinski definition) is 2. The third-order valence-electron chi connectivity index (χ3n) is 4.71. The Bertz CT molecular complexity index is 405. The van der Waals surface area contributed by atoms with Crippen molar-refractivity contribution in [1.29, 1.82) is 0 Å². The highest BCUT2D eigenvalue weighted by Crippen LogP contribution is 2.37. The molecule has 0 aromatic heterocycles. The van der Waals surface area contributed by atoms with Gasteiger partial charge < -0.3 is 15.3 Å². The van der Waals surface area contributed by atoms with Crippen molar-refractivity contribution >= 4 is 6.03 Å². The van der Waals surface area contributed by atoms with E-state index in [4.69, 9.17) is 0 Å². The van der Waals surface area contributed by atoms with Crippen LogP contribution in [0.15, 0.2) is 0 Å². The molecule has 2 atom stereocenters. The molecule has 22 heavy (non-hydrogen) atoms. The van der Waals surface area contributed by atoms with Gasteiger partial charge in [0.15, 0.2) is 5.60 Å². The van der Waals surface area contributed by atoms with Crippen molar-refractivity contribution in [2.24, 2.45) is 0 Å². The number of likely N-dealkylation sites (tertiary alicyclic amines) is 2. The van der Waals surface area contributed by atoms with Crippen molar-refractivity contribution in [3.63, 3.8) is 0 Å². The number of rotatable bonds is 3. The first-order valence-electron chi connectivity index (χ1n) is 7.83. The number of carbonyl (C=O) groups excluding carboxylic acids is 1. The number of alkyl halides is 3. The summed E-state index contributed by atoms with van der Waals surface area (Å²) in [5.74, 6) is 0. The van der Waals surface area contributed by atoms with E-state index in [0.29, 0.717) is 6.54 Å². The number of hydrogen-bond acceptors (Lipinski definition) is 3. The van der Waals surface area contributed by atoms with Gasteiger partial charge in [0, 0.05) is 25.6 Å². The van der Waals surface area contributed by atoms with E-state index in [-0.39, 0.29) is 12.6 Å². The fraction of sp³-hybridized carbons (Fsp3) is 0.929. The zero-order valence-corrected chi connectivity index (χ0v) is 12.8. The van der Waals surface area contributed by atoms with E-state index >= 15 is 0 Å². The zero-order chi connectivity index (χ0) is 16.4. The fourth-order valence-electron chi connectivity index (χ4n) is 3.22. The maximum atomic E-state index is 12.7. The van der Waals surface area contributed by atoms with Gasteiger partial charge in [-0.15, -0.1) is 0 Å². The summed E-state index contributed by atoms with van der Waals surface area (Å²) in [6.45, 7) is 3.62. The molecule has 0 aromatic carbocycles. The molecule has 0 saturated carbocycles. The van der Waals surface area contributed by atoms with Crippen LogP contribution in [-0.2, 0) is 0 Å². The van der Waals surface area contributed by atoms with Crippen LogP contribution in [0.25, 0.3) is 0 Å². The molecule has 2 fully saturated rings. The lowest BCUT2D eigenvalue weighted by Crippen LogP contribution is -2.51. The molecule has 0 bridgehead atoms. The number of piperidine rings is 1. The minimum atomic E-state index is -4.70. The van der Waals surface area contributed by atoms with Crippen molar-refractivity contribution in [1.82, 2.24) is 15.1 Å². The Morgan fingerprint density at radius 3 is 2.68 bits per heavy atom. The quantitative estimate of drug-likeness (QED) is 0.829. The Kier molecular flexibility index (Phi) is 5.21. The first-order valence-corrected chi connectivity index (χ1v) is 7.83. The molecule has 0 spiro atoms. The Morgan fingerprint density at radius 2 is 2.09 bits per heavy atom. The predicted octanol–water partition coefficient (Wildman–Crippen LogP) is 1.57. The SMILES string of the molecule is CCN1CCCC[C@@H]1CNC(=O)N1CC[C@@](O)(C(F)(F)F)C1. The highest BCUT2D eigenvalue weighted by Gasteiger charge is 2.57. The van der Waals surface area contributed by atoms with Gasteiger partial charge in [-0.1, -0.05) is 13.3 Å². The van der Waals surface area contributed by atoms with Crippen LogP contribution in [0.4, 0.5) is 18.0 Å². The second-order valence-electron chi connectivity index (χ2n) is 6.17. The highest BCUT2D eigenvalue weighted by atomic mass is 19.4. The van der Waals surface area contributed by atoms with Crippen LogP contribution >= 0.6 is 0 Å². The van der Waals surface area contributed by atoms with Gasteiger partial charge in [0.05, 0.1) is 6.54 Å². The number of urea groups is 1. The van der Waals surface area contributed by atoms with E-state index in [9.17, 15) is 23.1 Å². The van der Waals surface area contributed by atoms with Crippen molar-refractivity contribution in [3.8, 4) is 0 Å². The van der Waals surface area contributed by atoms with E-state index < -0.39 is 30.8 Å². The number of amides is 2. The molecule has 5 nitrogen and oxygen atoms in total. The monoisotopic (exact) mass is 323 g/mol. The largest absolute Gasteiger partial charge is 0.419 e.